The van der Waals surface area contributed by atoms with Gasteiger partial charge >= 0.3 is 0 Å². The Morgan fingerprint density at radius 1 is 1.25 bits per heavy atom. The van der Waals surface area contributed by atoms with Gasteiger partial charge in [-0.05, 0) is 45.3 Å². The molecular formula is C16H16BrNO2. The molecule has 2 aromatic carbocycles. The molecule has 20 heavy (non-hydrogen) atoms. The summed E-state index contributed by atoms with van der Waals surface area (Å²) < 4.78 is 12.1. The van der Waals surface area contributed by atoms with Crippen LogP contribution in [0.2, 0.25) is 0 Å². The maximum absolute atomic E-state index is 5.82. The minimum absolute atomic E-state index is 0.627. The summed E-state index contributed by atoms with van der Waals surface area (Å²) in [5.41, 5.74) is 9.09. The molecule has 1 aliphatic heterocycles. The van der Waals surface area contributed by atoms with Crippen LogP contribution in [0.25, 0.3) is 0 Å². The average Bonchev–Trinajstić information content (AvgIpc) is 2.91. The lowest BCUT2D eigenvalue weighted by atomic mass is 10.1. The second kappa shape index (κ2) is 5.75. The summed E-state index contributed by atoms with van der Waals surface area (Å²) in [4.78, 5) is 0. The van der Waals surface area contributed by atoms with Crippen molar-refractivity contribution < 1.29 is 9.47 Å². The van der Waals surface area contributed by atoms with Crippen LogP contribution in [-0.2, 0) is 12.8 Å². The maximum Gasteiger partial charge on any atom is 0.135 e. The van der Waals surface area contributed by atoms with E-state index in [0.29, 0.717) is 12.3 Å². The van der Waals surface area contributed by atoms with Gasteiger partial charge in [-0.1, -0.05) is 18.2 Å². The van der Waals surface area contributed by atoms with Crippen molar-refractivity contribution in [3.8, 4) is 11.5 Å². The zero-order valence-corrected chi connectivity index (χ0v) is 12.7. The minimum Gasteiger partial charge on any atom is -0.493 e. The van der Waals surface area contributed by atoms with Gasteiger partial charge in [0.05, 0.1) is 17.7 Å². The smallest absolute Gasteiger partial charge is 0.135 e. The maximum atomic E-state index is 5.82. The van der Waals surface area contributed by atoms with E-state index in [1.54, 1.807) is 0 Å². The van der Waals surface area contributed by atoms with E-state index in [9.17, 15) is 0 Å². The molecule has 1 aliphatic rings. The molecule has 0 bridgehead atoms. The monoisotopic (exact) mass is 333 g/mol. The van der Waals surface area contributed by atoms with Gasteiger partial charge in [-0.15, -0.1) is 0 Å². The zero-order chi connectivity index (χ0) is 13.9. The van der Waals surface area contributed by atoms with Crippen molar-refractivity contribution in [1.29, 1.82) is 0 Å². The third-order valence-corrected chi connectivity index (χ3v) is 4.24. The van der Waals surface area contributed by atoms with E-state index in [2.05, 4.69) is 28.1 Å². The number of nitrogens with two attached hydrogens (primary N) is 1. The first-order valence-corrected chi connectivity index (χ1v) is 7.45. The summed E-state index contributed by atoms with van der Waals surface area (Å²) in [7, 11) is 0. The number of halogens is 1. The summed E-state index contributed by atoms with van der Waals surface area (Å²) in [6, 6.07) is 12.0. The number of benzene rings is 2. The van der Waals surface area contributed by atoms with E-state index >= 15 is 0 Å². The SMILES string of the molecule is Nc1cccc(OCCc2ccc3c(c2)CCO3)c1Br. The lowest BCUT2D eigenvalue weighted by Crippen LogP contribution is -2.02. The Balaban J connectivity index is 1.61. The summed E-state index contributed by atoms with van der Waals surface area (Å²) in [5.74, 6) is 1.81. The number of nitrogen functional groups attached to an aromatic ring is 1. The van der Waals surface area contributed by atoms with E-state index in [1.807, 2.05) is 24.3 Å². The number of hydrogen-bond donors (Lipinski definition) is 1. The van der Waals surface area contributed by atoms with Gasteiger partial charge in [0.15, 0.2) is 0 Å². The van der Waals surface area contributed by atoms with Crippen LogP contribution >= 0.6 is 15.9 Å². The first-order valence-electron chi connectivity index (χ1n) is 6.65. The number of ether oxygens (including phenoxy) is 2. The summed E-state index contributed by atoms with van der Waals surface area (Å²) in [6.07, 6.45) is 1.87. The number of anilines is 1. The Morgan fingerprint density at radius 3 is 3.05 bits per heavy atom. The first kappa shape index (κ1) is 13.3. The Kier molecular flexibility index (Phi) is 3.83. The molecule has 2 aromatic rings. The molecule has 0 amide bonds. The van der Waals surface area contributed by atoms with E-state index in [-0.39, 0.29) is 0 Å². The fourth-order valence-electron chi connectivity index (χ4n) is 2.31. The predicted octanol–water partition coefficient (Wildman–Crippen LogP) is 3.59. The second-order valence-corrected chi connectivity index (χ2v) is 5.59. The molecule has 104 valence electrons. The fourth-order valence-corrected chi connectivity index (χ4v) is 2.69. The van der Waals surface area contributed by atoms with E-state index in [0.717, 1.165) is 35.4 Å². The summed E-state index contributed by atoms with van der Waals surface area (Å²) in [6.45, 7) is 1.42. The largest absolute Gasteiger partial charge is 0.493 e. The van der Waals surface area contributed by atoms with Crippen LogP contribution in [0, 0.1) is 0 Å². The molecule has 0 aromatic heterocycles. The molecular weight excluding hydrogens is 318 g/mol. The quantitative estimate of drug-likeness (QED) is 0.869. The molecule has 0 radical (unpaired) electrons. The van der Waals surface area contributed by atoms with Crippen LogP contribution < -0.4 is 15.2 Å². The summed E-state index contributed by atoms with van der Waals surface area (Å²) >= 11 is 3.44. The molecule has 0 saturated carbocycles. The highest BCUT2D eigenvalue weighted by Gasteiger charge is 2.12. The molecule has 0 atom stereocenters. The molecule has 3 rings (SSSR count). The minimum atomic E-state index is 0.627. The van der Waals surface area contributed by atoms with Crippen LogP contribution in [0.5, 0.6) is 11.5 Å². The molecule has 1 heterocycles. The van der Waals surface area contributed by atoms with Gasteiger partial charge in [0.25, 0.3) is 0 Å². The van der Waals surface area contributed by atoms with Gasteiger partial charge in [-0.25, -0.2) is 0 Å². The third kappa shape index (κ3) is 2.75. The van der Waals surface area contributed by atoms with Crippen molar-refractivity contribution in [3.63, 3.8) is 0 Å². The Hall–Kier alpha value is -1.68. The van der Waals surface area contributed by atoms with Gasteiger partial charge in [-0.2, -0.15) is 0 Å². The fraction of sp³-hybridized carbons (Fsp3) is 0.250. The lowest BCUT2D eigenvalue weighted by Gasteiger charge is -2.10. The molecule has 3 nitrogen and oxygen atoms in total. The molecule has 0 aliphatic carbocycles. The van der Waals surface area contributed by atoms with Gasteiger partial charge < -0.3 is 15.2 Å². The van der Waals surface area contributed by atoms with Crippen molar-refractivity contribution >= 4 is 21.6 Å². The van der Waals surface area contributed by atoms with Crippen LogP contribution in [0.4, 0.5) is 5.69 Å². The van der Waals surface area contributed by atoms with Gasteiger partial charge in [0, 0.05) is 18.5 Å². The average molecular weight is 334 g/mol. The summed E-state index contributed by atoms with van der Waals surface area (Å²) in [5, 5.41) is 0. The normalized spacial score (nSPS) is 12.8. The molecule has 0 saturated heterocycles. The number of fused-ring (bicyclic) bond motifs is 1. The van der Waals surface area contributed by atoms with E-state index in [4.69, 9.17) is 15.2 Å². The first-order chi connectivity index (χ1) is 9.74. The topological polar surface area (TPSA) is 44.5 Å². The van der Waals surface area contributed by atoms with Crippen molar-refractivity contribution in [2.24, 2.45) is 0 Å². The predicted molar refractivity (Wildman–Crippen MR) is 83.4 cm³/mol. The Morgan fingerprint density at radius 2 is 2.15 bits per heavy atom. The van der Waals surface area contributed by atoms with Crippen LogP contribution in [0.1, 0.15) is 11.1 Å². The standard InChI is InChI=1S/C16H16BrNO2/c17-16-13(18)2-1-3-15(16)20-8-6-11-4-5-14-12(10-11)7-9-19-14/h1-5,10H,6-9,18H2. The molecule has 2 N–H and O–H groups in total. The van der Waals surface area contributed by atoms with Crippen molar-refractivity contribution in [2.75, 3.05) is 18.9 Å². The van der Waals surface area contributed by atoms with Gasteiger partial charge in [0.2, 0.25) is 0 Å². The number of hydrogen-bond acceptors (Lipinski definition) is 3. The highest BCUT2D eigenvalue weighted by molar-refractivity contribution is 9.10. The van der Waals surface area contributed by atoms with E-state index in [1.165, 1.54) is 11.1 Å². The van der Waals surface area contributed by atoms with Crippen molar-refractivity contribution in [1.82, 2.24) is 0 Å². The second-order valence-electron chi connectivity index (χ2n) is 4.80. The van der Waals surface area contributed by atoms with Crippen molar-refractivity contribution in [3.05, 3.63) is 52.0 Å². The molecule has 0 fully saturated rings. The highest BCUT2D eigenvalue weighted by Crippen LogP contribution is 2.30. The van der Waals surface area contributed by atoms with Crippen molar-refractivity contribution in [2.45, 2.75) is 12.8 Å². The Labute approximate surface area is 126 Å². The molecule has 0 spiro atoms. The number of rotatable bonds is 4. The van der Waals surface area contributed by atoms with Crippen LogP contribution in [0.15, 0.2) is 40.9 Å². The van der Waals surface area contributed by atoms with Gasteiger partial charge in [-0.3, -0.25) is 0 Å². The van der Waals surface area contributed by atoms with E-state index < -0.39 is 0 Å². The molecule has 0 unspecified atom stereocenters. The highest BCUT2D eigenvalue weighted by atomic mass is 79.9. The lowest BCUT2D eigenvalue weighted by molar-refractivity contribution is 0.320. The zero-order valence-electron chi connectivity index (χ0n) is 11.1. The van der Waals surface area contributed by atoms with Crippen LogP contribution in [-0.4, -0.2) is 13.2 Å². The van der Waals surface area contributed by atoms with Gasteiger partial charge in [0.1, 0.15) is 11.5 Å². The third-order valence-electron chi connectivity index (χ3n) is 3.40. The Bertz CT molecular complexity index is 628. The van der Waals surface area contributed by atoms with Crippen LogP contribution in [0.3, 0.4) is 0 Å². The molecule has 4 heteroatoms.